The first-order chi connectivity index (χ1) is 8.40. The van der Waals surface area contributed by atoms with Gasteiger partial charge in [0.25, 0.3) is 0 Å². The number of rotatable bonds is 4. The van der Waals surface area contributed by atoms with Crippen LogP contribution in [0.3, 0.4) is 0 Å². The van der Waals surface area contributed by atoms with Crippen molar-refractivity contribution in [2.75, 3.05) is 7.11 Å². The molecular weight excluding hydrogens is 236 g/mol. The molecule has 0 aromatic heterocycles. The second kappa shape index (κ2) is 4.58. The smallest absolute Gasteiger partial charge is 0.190 e. The van der Waals surface area contributed by atoms with Gasteiger partial charge in [-0.25, -0.2) is 0 Å². The average molecular weight is 258 g/mol. The molecule has 0 saturated carbocycles. The van der Waals surface area contributed by atoms with Crippen LogP contribution in [0.5, 0.6) is 0 Å². The molecule has 0 aromatic carbocycles. The molecule has 0 radical (unpaired) electrons. The molecule has 5 nitrogen and oxygen atoms in total. The van der Waals surface area contributed by atoms with Crippen LogP contribution in [-0.4, -0.2) is 48.2 Å². The van der Waals surface area contributed by atoms with Crippen molar-refractivity contribution in [3.63, 3.8) is 0 Å². The first-order valence-corrected chi connectivity index (χ1v) is 6.27. The van der Waals surface area contributed by atoms with Crippen LogP contribution in [0.1, 0.15) is 27.2 Å². The molecule has 0 aliphatic carbocycles. The van der Waals surface area contributed by atoms with Gasteiger partial charge in [-0.05, 0) is 20.3 Å². The highest BCUT2D eigenvalue weighted by molar-refractivity contribution is 5.11. The first kappa shape index (κ1) is 14.0. The quantitative estimate of drug-likeness (QED) is 0.768. The number of ether oxygens (including phenoxy) is 4. The third kappa shape index (κ3) is 1.90. The van der Waals surface area contributed by atoms with E-state index >= 15 is 0 Å². The Labute approximate surface area is 108 Å². The maximum absolute atomic E-state index is 10.2. The van der Waals surface area contributed by atoms with E-state index in [1.165, 1.54) is 6.08 Å². The van der Waals surface area contributed by atoms with Gasteiger partial charge < -0.3 is 24.1 Å². The zero-order chi connectivity index (χ0) is 13.6. The normalized spacial score (nSPS) is 43.7. The van der Waals surface area contributed by atoms with E-state index in [0.717, 1.165) is 0 Å². The fourth-order valence-corrected chi connectivity index (χ4v) is 2.88. The van der Waals surface area contributed by atoms with Gasteiger partial charge in [-0.1, -0.05) is 13.0 Å². The SMILES string of the molecule is C=C[C@H](O)[C@]1(CC)O[C@@H]2OC(C)(C)O[C@@H]2[C@@H]1OC. The summed E-state index contributed by atoms with van der Waals surface area (Å²) in [5.41, 5.74) is -0.859. The third-order valence-electron chi connectivity index (χ3n) is 3.73. The maximum Gasteiger partial charge on any atom is 0.190 e. The standard InChI is InChI=1S/C13H22O5/c1-6-8(14)13(7-2)10(15-5)9-11(18-13)17-12(3,4)16-9/h6,8-11,14H,1,7H2,2-5H3/t8-,9+,10-,11-,13-/m0/s1. The third-order valence-corrected chi connectivity index (χ3v) is 3.73. The van der Waals surface area contributed by atoms with Gasteiger partial charge in [-0.15, -0.1) is 6.58 Å². The maximum atomic E-state index is 10.2. The molecule has 2 heterocycles. The van der Waals surface area contributed by atoms with Gasteiger partial charge >= 0.3 is 0 Å². The molecule has 2 rings (SSSR count). The molecule has 2 aliphatic rings. The Morgan fingerprint density at radius 1 is 1.39 bits per heavy atom. The van der Waals surface area contributed by atoms with Crippen LogP contribution in [0.25, 0.3) is 0 Å². The molecule has 0 aromatic rings. The Morgan fingerprint density at radius 2 is 2.06 bits per heavy atom. The zero-order valence-corrected chi connectivity index (χ0v) is 11.4. The lowest BCUT2D eigenvalue weighted by molar-refractivity contribution is -0.256. The van der Waals surface area contributed by atoms with Crippen LogP contribution in [-0.2, 0) is 18.9 Å². The van der Waals surface area contributed by atoms with Crippen molar-refractivity contribution in [3.8, 4) is 0 Å². The summed E-state index contributed by atoms with van der Waals surface area (Å²) in [6.45, 7) is 9.22. The van der Waals surface area contributed by atoms with Crippen molar-refractivity contribution in [3.05, 3.63) is 12.7 Å². The van der Waals surface area contributed by atoms with E-state index in [-0.39, 0.29) is 12.2 Å². The number of aliphatic hydroxyl groups excluding tert-OH is 1. The topological polar surface area (TPSA) is 57.2 Å². The second-order valence-electron chi connectivity index (χ2n) is 5.23. The van der Waals surface area contributed by atoms with Gasteiger partial charge in [0, 0.05) is 7.11 Å². The van der Waals surface area contributed by atoms with Crippen molar-refractivity contribution >= 4 is 0 Å². The van der Waals surface area contributed by atoms with Crippen molar-refractivity contribution in [1.29, 1.82) is 0 Å². The number of methoxy groups -OCH3 is 1. The van der Waals surface area contributed by atoms with E-state index in [2.05, 4.69) is 6.58 Å². The van der Waals surface area contributed by atoms with Crippen LogP contribution < -0.4 is 0 Å². The molecule has 2 aliphatic heterocycles. The predicted molar refractivity (Wildman–Crippen MR) is 64.9 cm³/mol. The average Bonchev–Trinajstić information content (AvgIpc) is 2.76. The van der Waals surface area contributed by atoms with Crippen LogP contribution in [0.4, 0.5) is 0 Å². The van der Waals surface area contributed by atoms with E-state index in [0.29, 0.717) is 6.42 Å². The molecule has 5 atom stereocenters. The monoisotopic (exact) mass is 258 g/mol. The zero-order valence-electron chi connectivity index (χ0n) is 11.4. The van der Waals surface area contributed by atoms with Crippen LogP contribution in [0.2, 0.25) is 0 Å². The minimum absolute atomic E-state index is 0.334. The van der Waals surface area contributed by atoms with Crippen molar-refractivity contribution in [1.82, 2.24) is 0 Å². The van der Waals surface area contributed by atoms with Gasteiger partial charge in [0.15, 0.2) is 12.1 Å². The number of fused-ring (bicyclic) bond motifs is 1. The van der Waals surface area contributed by atoms with Gasteiger partial charge in [0.1, 0.15) is 23.9 Å². The highest BCUT2D eigenvalue weighted by Gasteiger charge is 2.63. The van der Waals surface area contributed by atoms with Crippen LogP contribution in [0, 0.1) is 0 Å². The van der Waals surface area contributed by atoms with Gasteiger partial charge in [-0.2, -0.15) is 0 Å². The lowest BCUT2D eigenvalue weighted by Crippen LogP contribution is -2.53. The summed E-state index contributed by atoms with van der Waals surface area (Å²) in [5, 5.41) is 10.2. The minimum Gasteiger partial charge on any atom is -0.386 e. The second-order valence-corrected chi connectivity index (χ2v) is 5.23. The summed E-state index contributed by atoms with van der Waals surface area (Å²) in [5.74, 6) is -0.689. The first-order valence-electron chi connectivity index (χ1n) is 6.27. The fourth-order valence-electron chi connectivity index (χ4n) is 2.88. The van der Waals surface area contributed by atoms with Crippen molar-refractivity contribution in [2.45, 2.75) is 63.2 Å². The summed E-state index contributed by atoms with van der Waals surface area (Å²) >= 11 is 0. The summed E-state index contributed by atoms with van der Waals surface area (Å²) < 4.78 is 22.9. The Balaban J connectivity index is 2.29. The highest BCUT2D eigenvalue weighted by atomic mass is 16.8. The molecule has 1 N–H and O–H groups in total. The van der Waals surface area contributed by atoms with Crippen LogP contribution >= 0.6 is 0 Å². The molecule has 0 spiro atoms. The van der Waals surface area contributed by atoms with Crippen molar-refractivity contribution in [2.24, 2.45) is 0 Å². The molecule has 2 saturated heterocycles. The molecule has 0 bridgehead atoms. The summed E-state index contributed by atoms with van der Waals surface area (Å²) in [6, 6.07) is 0. The van der Waals surface area contributed by atoms with E-state index in [1.807, 2.05) is 20.8 Å². The Hall–Kier alpha value is -0.460. The molecule has 18 heavy (non-hydrogen) atoms. The predicted octanol–water partition coefficient (Wildman–Crippen LogP) is 1.20. The van der Waals surface area contributed by atoms with E-state index in [9.17, 15) is 5.11 Å². The van der Waals surface area contributed by atoms with E-state index < -0.39 is 23.8 Å². The lowest BCUT2D eigenvalue weighted by Gasteiger charge is -2.37. The molecule has 2 fully saturated rings. The van der Waals surface area contributed by atoms with E-state index in [4.69, 9.17) is 18.9 Å². The number of hydrogen-bond donors (Lipinski definition) is 1. The fraction of sp³-hybridized carbons (Fsp3) is 0.846. The number of hydrogen-bond acceptors (Lipinski definition) is 5. The van der Waals surface area contributed by atoms with Gasteiger partial charge in [0.2, 0.25) is 0 Å². The molecule has 0 amide bonds. The summed E-state index contributed by atoms with van der Waals surface area (Å²) in [7, 11) is 1.59. The lowest BCUT2D eigenvalue weighted by atomic mass is 9.86. The molecule has 5 heteroatoms. The summed E-state index contributed by atoms with van der Waals surface area (Å²) in [6.07, 6.45) is -0.0183. The number of aliphatic hydroxyl groups is 1. The molecular formula is C13H22O5. The molecule has 104 valence electrons. The van der Waals surface area contributed by atoms with Gasteiger partial charge in [-0.3, -0.25) is 0 Å². The summed E-state index contributed by atoms with van der Waals surface area (Å²) in [4.78, 5) is 0. The molecule has 0 unspecified atom stereocenters. The minimum atomic E-state index is -0.859. The van der Waals surface area contributed by atoms with Crippen molar-refractivity contribution < 1.29 is 24.1 Å². The van der Waals surface area contributed by atoms with E-state index in [1.54, 1.807) is 7.11 Å². The van der Waals surface area contributed by atoms with Gasteiger partial charge in [0.05, 0.1) is 0 Å². The Morgan fingerprint density at radius 3 is 2.56 bits per heavy atom. The van der Waals surface area contributed by atoms with Crippen LogP contribution in [0.15, 0.2) is 12.7 Å². The Bertz CT molecular complexity index is 329. The highest BCUT2D eigenvalue weighted by Crippen LogP contribution is 2.46. The Kier molecular flexibility index (Phi) is 3.55. The largest absolute Gasteiger partial charge is 0.386 e.